The highest BCUT2D eigenvalue weighted by atomic mass is 16.5. The van der Waals surface area contributed by atoms with Crippen molar-refractivity contribution in [2.75, 3.05) is 13.2 Å². The van der Waals surface area contributed by atoms with Crippen molar-refractivity contribution >= 4 is 0 Å². The van der Waals surface area contributed by atoms with E-state index in [4.69, 9.17) is 11.2 Å². The van der Waals surface area contributed by atoms with Gasteiger partial charge in [-0.3, -0.25) is 0 Å². The fraction of sp³-hybridized carbons (Fsp3) is 0.875. The molecule has 1 fully saturated rings. The van der Waals surface area contributed by atoms with Crippen molar-refractivity contribution in [3.63, 3.8) is 0 Å². The molecule has 0 spiro atoms. The molecule has 18 heavy (non-hydrogen) atoms. The molecule has 0 heterocycles. The van der Waals surface area contributed by atoms with Gasteiger partial charge in [0.25, 0.3) is 0 Å². The second-order valence-electron chi connectivity index (χ2n) is 5.23. The quantitative estimate of drug-likeness (QED) is 0.668. The molecule has 0 bridgehead atoms. The first-order valence-electron chi connectivity index (χ1n) is 7.61. The number of likely N-dealkylation sites (N-methyl/N-ethyl adjacent to an activating group) is 1. The average Bonchev–Trinajstić information content (AvgIpc) is 2.42. The number of ether oxygens (including phenoxy) is 1. The van der Waals surface area contributed by atoms with Gasteiger partial charge in [0.2, 0.25) is 0 Å². The van der Waals surface area contributed by atoms with E-state index in [1.807, 2.05) is 0 Å². The molecule has 0 radical (unpaired) electrons. The van der Waals surface area contributed by atoms with Crippen molar-refractivity contribution in [2.24, 2.45) is 5.92 Å². The normalized spacial score (nSPS) is 20.3. The van der Waals surface area contributed by atoms with Gasteiger partial charge < -0.3 is 10.1 Å². The zero-order valence-corrected chi connectivity index (χ0v) is 12.1. The summed E-state index contributed by atoms with van der Waals surface area (Å²) in [5.41, 5.74) is 0. The van der Waals surface area contributed by atoms with Gasteiger partial charge in [-0.15, -0.1) is 12.3 Å². The van der Waals surface area contributed by atoms with E-state index in [-0.39, 0.29) is 0 Å². The molecule has 0 aromatic rings. The third-order valence-electron chi connectivity index (χ3n) is 3.94. The van der Waals surface area contributed by atoms with Crippen molar-refractivity contribution in [2.45, 2.75) is 70.9 Å². The first-order chi connectivity index (χ1) is 8.83. The third kappa shape index (κ3) is 5.00. The van der Waals surface area contributed by atoms with Gasteiger partial charge in [-0.2, -0.15) is 0 Å². The number of rotatable bonds is 8. The molecule has 0 amide bonds. The van der Waals surface area contributed by atoms with E-state index in [9.17, 15) is 0 Å². The first kappa shape index (κ1) is 15.5. The van der Waals surface area contributed by atoms with Crippen molar-refractivity contribution in [3.8, 4) is 12.3 Å². The molecule has 1 N–H and O–H groups in total. The molecule has 2 heteroatoms. The van der Waals surface area contributed by atoms with Gasteiger partial charge in [-0.1, -0.05) is 26.2 Å². The highest BCUT2D eigenvalue weighted by molar-refractivity contribution is 4.90. The van der Waals surface area contributed by atoms with Gasteiger partial charge >= 0.3 is 0 Å². The Kier molecular flexibility index (Phi) is 8.13. The topological polar surface area (TPSA) is 21.3 Å². The van der Waals surface area contributed by atoms with Crippen LogP contribution in [0.25, 0.3) is 0 Å². The van der Waals surface area contributed by atoms with Crippen LogP contribution < -0.4 is 5.32 Å². The van der Waals surface area contributed by atoms with E-state index in [0.717, 1.165) is 31.9 Å². The summed E-state index contributed by atoms with van der Waals surface area (Å²) in [4.78, 5) is 0. The van der Waals surface area contributed by atoms with Crippen molar-refractivity contribution in [1.29, 1.82) is 0 Å². The van der Waals surface area contributed by atoms with Crippen LogP contribution in [0.15, 0.2) is 0 Å². The van der Waals surface area contributed by atoms with E-state index in [2.05, 4.69) is 25.1 Å². The van der Waals surface area contributed by atoms with Crippen LogP contribution in [0.5, 0.6) is 0 Å². The van der Waals surface area contributed by atoms with Crippen LogP contribution >= 0.6 is 0 Å². The molecule has 2 nitrogen and oxygen atoms in total. The minimum Gasteiger partial charge on any atom is -0.377 e. The van der Waals surface area contributed by atoms with E-state index in [0.29, 0.717) is 12.1 Å². The summed E-state index contributed by atoms with van der Waals surface area (Å²) in [7, 11) is 0. The SMILES string of the molecule is C#CCCC(NCC)C(OCC)C1CCCCC1. The Labute approximate surface area is 113 Å². The Morgan fingerprint density at radius 2 is 2.00 bits per heavy atom. The van der Waals surface area contributed by atoms with E-state index < -0.39 is 0 Å². The molecule has 0 aromatic carbocycles. The molecule has 1 aliphatic carbocycles. The highest BCUT2D eigenvalue weighted by Gasteiger charge is 2.30. The maximum absolute atomic E-state index is 6.06. The van der Waals surface area contributed by atoms with Crippen LogP contribution in [0.4, 0.5) is 0 Å². The van der Waals surface area contributed by atoms with Crippen LogP contribution in [-0.2, 0) is 4.74 Å². The molecule has 104 valence electrons. The molecular weight excluding hydrogens is 222 g/mol. The molecule has 2 atom stereocenters. The average molecular weight is 251 g/mol. The Hall–Kier alpha value is -0.520. The lowest BCUT2D eigenvalue weighted by atomic mass is 9.81. The number of nitrogens with one attached hydrogen (secondary N) is 1. The van der Waals surface area contributed by atoms with Crippen LogP contribution in [0.1, 0.15) is 58.8 Å². The Morgan fingerprint density at radius 1 is 1.28 bits per heavy atom. The number of hydrogen-bond acceptors (Lipinski definition) is 2. The smallest absolute Gasteiger partial charge is 0.0756 e. The second-order valence-corrected chi connectivity index (χ2v) is 5.23. The lowest BCUT2D eigenvalue weighted by Gasteiger charge is -2.36. The molecule has 0 aromatic heterocycles. The standard InChI is InChI=1S/C16H29NO/c1-4-7-13-15(17-5-2)16(18-6-3)14-11-9-8-10-12-14/h1,14-17H,5-13H2,2-3H3. The summed E-state index contributed by atoms with van der Waals surface area (Å²) in [6.45, 7) is 6.05. The molecule has 0 saturated heterocycles. The lowest BCUT2D eigenvalue weighted by Crippen LogP contribution is -2.46. The fourth-order valence-electron chi connectivity index (χ4n) is 3.12. The van der Waals surface area contributed by atoms with Crippen LogP contribution in [0.2, 0.25) is 0 Å². The van der Waals surface area contributed by atoms with E-state index in [1.165, 1.54) is 32.1 Å². The monoisotopic (exact) mass is 251 g/mol. The van der Waals surface area contributed by atoms with E-state index >= 15 is 0 Å². The largest absolute Gasteiger partial charge is 0.377 e. The van der Waals surface area contributed by atoms with Crippen LogP contribution in [0.3, 0.4) is 0 Å². The molecule has 0 aliphatic heterocycles. The summed E-state index contributed by atoms with van der Waals surface area (Å²) in [6.07, 6.45) is 14.4. The van der Waals surface area contributed by atoms with Gasteiger partial charge in [-0.25, -0.2) is 0 Å². The van der Waals surface area contributed by atoms with Gasteiger partial charge in [0.15, 0.2) is 0 Å². The number of terminal acetylenes is 1. The molecule has 1 aliphatic rings. The van der Waals surface area contributed by atoms with Crippen molar-refractivity contribution in [1.82, 2.24) is 5.32 Å². The zero-order valence-electron chi connectivity index (χ0n) is 12.1. The van der Waals surface area contributed by atoms with Gasteiger partial charge in [0.1, 0.15) is 0 Å². The number of hydrogen-bond donors (Lipinski definition) is 1. The lowest BCUT2D eigenvalue weighted by molar-refractivity contribution is -0.0187. The molecule has 2 unspecified atom stereocenters. The third-order valence-corrected chi connectivity index (χ3v) is 3.94. The van der Waals surface area contributed by atoms with Crippen molar-refractivity contribution < 1.29 is 4.74 Å². The molecular formula is C16H29NO. The van der Waals surface area contributed by atoms with Gasteiger partial charge in [0, 0.05) is 19.1 Å². The summed E-state index contributed by atoms with van der Waals surface area (Å²) >= 11 is 0. The second kappa shape index (κ2) is 9.42. The Bertz CT molecular complexity index is 240. The molecule has 1 saturated carbocycles. The molecule has 1 rings (SSSR count). The summed E-state index contributed by atoms with van der Waals surface area (Å²) < 4.78 is 6.06. The Balaban J connectivity index is 2.61. The van der Waals surface area contributed by atoms with Gasteiger partial charge in [0.05, 0.1) is 6.10 Å². The predicted molar refractivity (Wildman–Crippen MR) is 77.5 cm³/mol. The Morgan fingerprint density at radius 3 is 2.56 bits per heavy atom. The van der Waals surface area contributed by atoms with Crippen LogP contribution in [0, 0.1) is 18.3 Å². The first-order valence-corrected chi connectivity index (χ1v) is 7.61. The van der Waals surface area contributed by atoms with E-state index in [1.54, 1.807) is 0 Å². The van der Waals surface area contributed by atoms with Gasteiger partial charge in [-0.05, 0) is 38.6 Å². The summed E-state index contributed by atoms with van der Waals surface area (Å²) in [5.74, 6) is 3.48. The zero-order chi connectivity index (χ0) is 13.2. The minimum atomic E-state index is 0.351. The summed E-state index contributed by atoms with van der Waals surface area (Å²) in [5, 5.41) is 3.58. The summed E-state index contributed by atoms with van der Waals surface area (Å²) in [6, 6.07) is 0.425. The maximum atomic E-state index is 6.06. The maximum Gasteiger partial charge on any atom is 0.0756 e. The van der Waals surface area contributed by atoms with Crippen molar-refractivity contribution in [3.05, 3.63) is 0 Å². The highest BCUT2D eigenvalue weighted by Crippen LogP contribution is 2.30. The fourth-order valence-corrected chi connectivity index (χ4v) is 3.12. The minimum absolute atomic E-state index is 0.351. The van der Waals surface area contributed by atoms with Crippen LogP contribution in [-0.4, -0.2) is 25.3 Å². The predicted octanol–water partition coefficient (Wildman–Crippen LogP) is 3.36.